The average molecular weight is 322 g/mol. The number of carbonyl (C=O) groups excluding carboxylic acids is 1. The summed E-state index contributed by atoms with van der Waals surface area (Å²) in [5, 5.41) is 2.83. The molecule has 1 amide bonds. The zero-order chi connectivity index (χ0) is 17.0. The normalized spacial score (nSPS) is 21.6. The fourth-order valence-electron chi connectivity index (χ4n) is 2.94. The summed E-state index contributed by atoms with van der Waals surface area (Å²) >= 11 is 0. The number of morpholine rings is 1. The van der Waals surface area contributed by atoms with Crippen LogP contribution in [0.15, 0.2) is 18.2 Å². The van der Waals surface area contributed by atoms with E-state index in [0.717, 1.165) is 5.56 Å². The number of benzene rings is 1. The molecule has 1 heterocycles. The Morgan fingerprint density at radius 2 is 2.00 bits per heavy atom. The molecule has 4 nitrogen and oxygen atoms in total. The van der Waals surface area contributed by atoms with Crippen molar-refractivity contribution in [3.8, 4) is 0 Å². The molecule has 0 radical (unpaired) electrons. The van der Waals surface area contributed by atoms with Crippen molar-refractivity contribution in [3.05, 3.63) is 29.6 Å². The number of anilines is 1. The first-order valence-electron chi connectivity index (χ1n) is 8.30. The van der Waals surface area contributed by atoms with Crippen LogP contribution in [0.5, 0.6) is 0 Å². The van der Waals surface area contributed by atoms with Gasteiger partial charge in [-0.3, -0.25) is 4.79 Å². The maximum atomic E-state index is 14.4. The van der Waals surface area contributed by atoms with Crippen molar-refractivity contribution in [2.24, 2.45) is 5.92 Å². The molecule has 2 atom stereocenters. The van der Waals surface area contributed by atoms with Gasteiger partial charge >= 0.3 is 0 Å². The van der Waals surface area contributed by atoms with E-state index in [9.17, 15) is 9.18 Å². The fourth-order valence-corrected chi connectivity index (χ4v) is 2.94. The van der Waals surface area contributed by atoms with Crippen LogP contribution >= 0.6 is 0 Å². The first-order chi connectivity index (χ1) is 10.8. The summed E-state index contributed by atoms with van der Waals surface area (Å²) in [5.74, 6) is 0.0710. The summed E-state index contributed by atoms with van der Waals surface area (Å²) < 4.78 is 20.1. The molecule has 1 aromatic rings. The maximum absolute atomic E-state index is 14.4. The van der Waals surface area contributed by atoms with Gasteiger partial charge in [0.15, 0.2) is 0 Å². The number of ether oxygens (including phenoxy) is 1. The number of hydrogen-bond acceptors (Lipinski definition) is 3. The van der Waals surface area contributed by atoms with E-state index in [2.05, 4.69) is 5.32 Å². The number of nitrogens with zero attached hydrogens (tertiary/aromatic N) is 1. The lowest BCUT2D eigenvalue weighted by Gasteiger charge is -2.37. The van der Waals surface area contributed by atoms with Gasteiger partial charge in [-0.1, -0.05) is 19.9 Å². The summed E-state index contributed by atoms with van der Waals surface area (Å²) in [6.45, 7) is 9.73. The van der Waals surface area contributed by atoms with E-state index in [1.165, 1.54) is 6.07 Å². The van der Waals surface area contributed by atoms with Crippen molar-refractivity contribution in [3.63, 3.8) is 0 Å². The Kier molecular flexibility index (Phi) is 5.99. The lowest BCUT2D eigenvalue weighted by atomic mass is 10.1. The van der Waals surface area contributed by atoms with Crippen LogP contribution in [-0.2, 0) is 16.1 Å². The lowest BCUT2D eigenvalue weighted by Crippen LogP contribution is -2.45. The first kappa shape index (κ1) is 17.7. The SMILES string of the molecule is CC(C)CC(=O)NCc1ccc(N2C[C@H](C)O[C@@H](C)C2)c(F)c1. The van der Waals surface area contributed by atoms with Gasteiger partial charge in [0.05, 0.1) is 17.9 Å². The van der Waals surface area contributed by atoms with E-state index in [4.69, 9.17) is 4.74 Å². The molecule has 128 valence electrons. The number of halogens is 1. The first-order valence-corrected chi connectivity index (χ1v) is 8.30. The third kappa shape index (κ3) is 5.20. The van der Waals surface area contributed by atoms with E-state index in [-0.39, 0.29) is 23.9 Å². The van der Waals surface area contributed by atoms with Gasteiger partial charge in [0.1, 0.15) is 5.82 Å². The van der Waals surface area contributed by atoms with Crippen molar-refractivity contribution in [2.75, 3.05) is 18.0 Å². The minimum absolute atomic E-state index is 0.000290. The lowest BCUT2D eigenvalue weighted by molar-refractivity contribution is -0.121. The second kappa shape index (κ2) is 7.77. The largest absolute Gasteiger partial charge is 0.372 e. The highest BCUT2D eigenvalue weighted by Crippen LogP contribution is 2.24. The predicted molar refractivity (Wildman–Crippen MR) is 89.9 cm³/mol. The van der Waals surface area contributed by atoms with E-state index in [1.54, 1.807) is 6.07 Å². The average Bonchev–Trinajstić information content (AvgIpc) is 2.43. The standard InChI is InChI=1S/C18H27FN2O2/c1-12(2)7-18(22)20-9-15-5-6-17(16(19)8-15)21-10-13(3)23-14(4)11-21/h5-6,8,12-14H,7,9-11H2,1-4H3,(H,20,22)/t13-,14-/m0/s1. The molecule has 1 aromatic carbocycles. The number of amides is 1. The van der Waals surface area contributed by atoms with Crippen molar-refractivity contribution < 1.29 is 13.9 Å². The minimum Gasteiger partial charge on any atom is -0.372 e. The highest BCUT2D eigenvalue weighted by atomic mass is 19.1. The third-order valence-corrected chi connectivity index (χ3v) is 3.86. The summed E-state index contributed by atoms with van der Waals surface area (Å²) in [6.07, 6.45) is 0.672. The molecule has 2 rings (SSSR count). The van der Waals surface area contributed by atoms with Gasteiger partial charge in [-0.2, -0.15) is 0 Å². The highest BCUT2D eigenvalue weighted by molar-refractivity contribution is 5.76. The zero-order valence-electron chi connectivity index (χ0n) is 14.4. The third-order valence-electron chi connectivity index (χ3n) is 3.86. The van der Waals surface area contributed by atoms with Gasteiger partial charge in [0.25, 0.3) is 0 Å². The van der Waals surface area contributed by atoms with Crippen LogP contribution in [0.2, 0.25) is 0 Å². The minimum atomic E-state index is -0.248. The van der Waals surface area contributed by atoms with Crippen LogP contribution in [0.4, 0.5) is 10.1 Å². The molecule has 5 heteroatoms. The summed E-state index contributed by atoms with van der Waals surface area (Å²) in [6, 6.07) is 5.18. The van der Waals surface area contributed by atoms with Gasteiger partial charge in [-0.25, -0.2) is 4.39 Å². The number of carbonyl (C=O) groups is 1. The van der Waals surface area contributed by atoms with Crippen molar-refractivity contribution >= 4 is 11.6 Å². The Hall–Kier alpha value is -1.62. The highest BCUT2D eigenvalue weighted by Gasteiger charge is 2.24. The Bertz CT molecular complexity index is 538. The number of rotatable bonds is 5. The van der Waals surface area contributed by atoms with Gasteiger partial charge in [-0.15, -0.1) is 0 Å². The molecule has 0 aromatic heterocycles. The molecule has 1 fully saturated rings. The molecule has 1 N–H and O–H groups in total. The topological polar surface area (TPSA) is 41.6 Å². The summed E-state index contributed by atoms with van der Waals surface area (Å²) in [5.41, 5.74) is 1.38. The van der Waals surface area contributed by atoms with Gasteiger partial charge in [-0.05, 0) is 37.5 Å². The fraction of sp³-hybridized carbons (Fsp3) is 0.611. The van der Waals surface area contributed by atoms with Crippen LogP contribution in [0.1, 0.15) is 39.7 Å². The Morgan fingerprint density at radius 1 is 1.35 bits per heavy atom. The number of nitrogens with one attached hydrogen (secondary N) is 1. The van der Waals surface area contributed by atoms with Gasteiger partial charge < -0.3 is 15.0 Å². The molecule has 1 saturated heterocycles. The molecular formula is C18H27FN2O2. The second-order valence-corrected chi connectivity index (χ2v) is 6.82. The van der Waals surface area contributed by atoms with Crippen LogP contribution in [0.25, 0.3) is 0 Å². The van der Waals surface area contributed by atoms with Crippen LogP contribution < -0.4 is 10.2 Å². The molecule has 0 spiro atoms. The molecular weight excluding hydrogens is 295 g/mol. The molecule has 0 bridgehead atoms. The Balaban J connectivity index is 1.99. The van der Waals surface area contributed by atoms with Crippen molar-refractivity contribution in [1.82, 2.24) is 5.32 Å². The Morgan fingerprint density at radius 3 is 2.57 bits per heavy atom. The molecule has 0 aliphatic carbocycles. The molecule has 0 unspecified atom stereocenters. The van der Waals surface area contributed by atoms with E-state index in [1.807, 2.05) is 38.7 Å². The van der Waals surface area contributed by atoms with Crippen molar-refractivity contribution in [1.29, 1.82) is 0 Å². The van der Waals surface area contributed by atoms with Gasteiger partial charge in [0.2, 0.25) is 5.91 Å². The molecule has 0 saturated carbocycles. The molecule has 1 aliphatic heterocycles. The van der Waals surface area contributed by atoms with E-state index >= 15 is 0 Å². The maximum Gasteiger partial charge on any atom is 0.220 e. The van der Waals surface area contributed by atoms with Crippen LogP contribution in [-0.4, -0.2) is 31.2 Å². The second-order valence-electron chi connectivity index (χ2n) is 6.82. The zero-order valence-corrected chi connectivity index (χ0v) is 14.4. The Labute approximate surface area is 138 Å². The van der Waals surface area contributed by atoms with Crippen molar-refractivity contribution in [2.45, 2.75) is 52.9 Å². The molecule has 1 aliphatic rings. The monoisotopic (exact) mass is 322 g/mol. The molecule has 23 heavy (non-hydrogen) atoms. The van der Waals surface area contributed by atoms with Crippen LogP contribution in [0.3, 0.4) is 0 Å². The summed E-state index contributed by atoms with van der Waals surface area (Å²) in [7, 11) is 0. The van der Waals surface area contributed by atoms with E-state index < -0.39 is 0 Å². The predicted octanol–water partition coefficient (Wildman–Crippen LogP) is 3.10. The van der Waals surface area contributed by atoms with Gasteiger partial charge in [0, 0.05) is 26.1 Å². The van der Waals surface area contributed by atoms with Crippen LogP contribution in [0, 0.1) is 11.7 Å². The summed E-state index contributed by atoms with van der Waals surface area (Å²) in [4.78, 5) is 13.7. The quantitative estimate of drug-likeness (QED) is 0.906. The van der Waals surface area contributed by atoms with E-state index in [0.29, 0.717) is 37.7 Å². The smallest absolute Gasteiger partial charge is 0.220 e. The number of hydrogen-bond donors (Lipinski definition) is 1.